The van der Waals surface area contributed by atoms with Gasteiger partial charge in [-0.15, -0.1) is 0 Å². The number of benzene rings is 1. The highest BCUT2D eigenvalue weighted by atomic mass is 19.4. The van der Waals surface area contributed by atoms with E-state index < -0.39 is 11.7 Å². The fourth-order valence-corrected chi connectivity index (χ4v) is 1.96. The van der Waals surface area contributed by atoms with Crippen molar-refractivity contribution in [2.45, 2.75) is 32.9 Å². The van der Waals surface area contributed by atoms with Gasteiger partial charge in [-0.05, 0) is 31.0 Å². The van der Waals surface area contributed by atoms with Crippen molar-refractivity contribution in [1.29, 1.82) is 0 Å². The van der Waals surface area contributed by atoms with Gasteiger partial charge in [-0.25, -0.2) is 0 Å². The average Bonchev–Trinajstić information content (AvgIpc) is 2.41. The Morgan fingerprint density at radius 1 is 1.20 bits per heavy atom. The number of rotatable bonds is 6. The van der Waals surface area contributed by atoms with Crippen LogP contribution in [0.3, 0.4) is 0 Å². The molecule has 4 N–H and O–H groups in total. The van der Waals surface area contributed by atoms with E-state index in [-0.39, 0.29) is 17.7 Å². The second-order valence-electron chi connectivity index (χ2n) is 5.02. The van der Waals surface area contributed by atoms with Crippen LogP contribution in [-0.4, -0.2) is 18.3 Å². The van der Waals surface area contributed by atoms with Crippen LogP contribution in [0.2, 0.25) is 0 Å². The van der Waals surface area contributed by atoms with Gasteiger partial charge in [-0.2, -0.15) is 13.2 Å². The third-order valence-electron chi connectivity index (χ3n) is 3.87. The largest absolute Gasteiger partial charge is 0.416 e. The Morgan fingerprint density at radius 3 is 2.20 bits per heavy atom. The SMILES string of the molecule is CCC(CC)(CO)CNc1ccc(C(F)(F)F)cc1N. The summed E-state index contributed by atoms with van der Waals surface area (Å²) in [6.45, 7) is 4.43. The van der Waals surface area contributed by atoms with Crippen molar-refractivity contribution in [3.05, 3.63) is 23.8 Å². The van der Waals surface area contributed by atoms with Crippen molar-refractivity contribution < 1.29 is 18.3 Å². The Balaban J connectivity index is 2.84. The molecular formula is C14H21F3N2O. The molecule has 0 radical (unpaired) electrons. The van der Waals surface area contributed by atoms with Crippen molar-refractivity contribution in [2.24, 2.45) is 5.41 Å². The van der Waals surface area contributed by atoms with Gasteiger partial charge >= 0.3 is 6.18 Å². The summed E-state index contributed by atoms with van der Waals surface area (Å²) in [5, 5.41) is 12.5. The fourth-order valence-electron chi connectivity index (χ4n) is 1.96. The third kappa shape index (κ3) is 3.79. The molecule has 0 amide bonds. The second kappa shape index (κ2) is 6.35. The van der Waals surface area contributed by atoms with Crippen LogP contribution in [0.15, 0.2) is 18.2 Å². The molecule has 114 valence electrons. The highest BCUT2D eigenvalue weighted by molar-refractivity contribution is 5.67. The molecule has 0 aliphatic carbocycles. The number of alkyl halides is 3. The molecule has 0 saturated carbocycles. The summed E-state index contributed by atoms with van der Waals surface area (Å²) >= 11 is 0. The van der Waals surface area contributed by atoms with E-state index in [1.807, 2.05) is 13.8 Å². The topological polar surface area (TPSA) is 58.3 Å². The fraction of sp³-hybridized carbons (Fsp3) is 0.571. The lowest BCUT2D eigenvalue weighted by Crippen LogP contribution is -2.32. The van der Waals surface area contributed by atoms with Crippen LogP contribution in [-0.2, 0) is 6.18 Å². The first-order valence-corrected chi connectivity index (χ1v) is 6.59. The number of aliphatic hydroxyl groups excluding tert-OH is 1. The van der Waals surface area contributed by atoms with Crippen molar-refractivity contribution in [1.82, 2.24) is 0 Å². The van der Waals surface area contributed by atoms with Gasteiger partial charge in [0.2, 0.25) is 0 Å². The van der Waals surface area contributed by atoms with Gasteiger partial charge in [-0.1, -0.05) is 13.8 Å². The molecule has 1 aromatic rings. The second-order valence-corrected chi connectivity index (χ2v) is 5.02. The number of hydrogen-bond acceptors (Lipinski definition) is 3. The van der Waals surface area contributed by atoms with Gasteiger partial charge in [0.05, 0.1) is 23.5 Å². The van der Waals surface area contributed by atoms with Gasteiger partial charge < -0.3 is 16.2 Å². The zero-order valence-corrected chi connectivity index (χ0v) is 11.7. The van der Waals surface area contributed by atoms with Crippen LogP contribution in [0.4, 0.5) is 24.5 Å². The molecular weight excluding hydrogens is 269 g/mol. The number of nitrogens with one attached hydrogen (secondary N) is 1. The lowest BCUT2D eigenvalue weighted by Gasteiger charge is -2.30. The maximum Gasteiger partial charge on any atom is 0.416 e. The number of nitrogen functional groups attached to an aromatic ring is 1. The minimum absolute atomic E-state index is 0.0214. The molecule has 0 spiro atoms. The van der Waals surface area contributed by atoms with E-state index in [0.29, 0.717) is 12.2 Å². The predicted octanol–water partition coefficient (Wildman–Crippen LogP) is 3.50. The number of halogens is 3. The molecule has 0 saturated heterocycles. The van der Waals surface area contributed by atoms with E-state index in [2.05, 4.69) is 5.32 Å². The molecule has 20 heavy (non-hydrogen) atoms. The number of hydrogen-bond donors (Lipinski definition) is 3. The molecule has 0 atom stereocenters. The molecule has 0 aliphatic heterocycles. The monoisotopic (exact) mass is 290 g/mol. The number of aliphatic hydroxyl groups is 1. The van der Waals surface area contributed by atoms with Gasteiger partial charge in [-0.3, -0.25) is 0 Å². The molecule has 0 bridgehead atoms. The lowest BCUT2D eigenvalue weighted by molar-refractivity contribution is -0.137. The maximum absolute atomic E-state index is 12.5. The van der Waals surface area contributed by atoms with Gasteiger partial charge in [0.15, 0.2) is 0 Å². The Bertz CT molecular complexity index is 434. The Kier molecular flexibility index (Phi) is 5.28. The number of nitrogens with two attached hydrogens (primary N) is 1. The van der Waals surface area contributed by atoms with E-state index >= 15 is 0 Å². The number of anilines is 2. The quantitative estimate of drug-likeness (QED) is 0.703. The molecule has 0 aliphatic rings. The van der Waals surface area contributed by atoms with Crippen LogP contribution in [0.5, 0.6) is 0 Å². The molecule has 0 heterocycles. The maximum atomic E-state index is 12.5. The highest BCUT2D eigenvalue weighted by Gasteiger charge is 2.31. The van der Waals surface area contributed by atoms with Crippen molar-refractivity contribution in [3.63, 3.8) is 0 Å². The Hall–Kier alpha value is -1.43. The van der Waals surface area contributed by atoms with Crippen molar-refractivity contribution in [2.75, 3.05) is 24.2 Å². The van der Waals surface area contributed by atoms with Crippen LogP contribution in [0.1, 0.15) is 32.3 Å². The highest BCUT2D eigenvalue weighted by Crippen LogP contribution is 2.33. The summed E-state index contributed by atoms with van der Waals surface area (Å²) < 4.78 is 37.6. The predicted molar refractivity (Wildman–Crippen MR) is 74.4 cm³/mol. The lowest BCUT2D eigenvalue weighted by atomic mass is 9.83. The van der Waals surface area contributed by atoms with Crippen molar-refractivity contribution >= 4 is 11.4 Å². The zero-order valence-electron chi connectivity index (χ0n) is 11.7. The van der Waals surface area contributed by atoms with Crippen LogP contribution < -0.4 is 11.1 Å². The average molecular weight is 290 g/mol. The summed E-state index contributed by atoms with van der Waals surface area (Å²) in [6, 6.07) is 3.24. The van der Waals surface area contributed by atoms with Gasteiger partial charge in [0.1, 0.15) is 0 Å². The zero-order chi connectivity index (χ0) is 15.4. The smallest absolute Gasteiger partial charge is 0.397 e. The first kappa shape index (κ1) is 16.6. The first-order chi connectivity index (χ1) is 9.28. The van der Waals surface area contributed by atoms with Crippen LogP contribution in [0, 0.1) is 5.41 Å². The summed E-state index contributed by atoms with van der Waals surface area (Å²) in [6.07, 6.45) is -2.85. The van der Waals surface area contributed by atoms with Crippen LogP contribution in [0.25, 0.3) is 0 Å². The van der Waals surface area contributed by atoms with E-state index in [9.17, 15) is 18.3 Å². The molecule has 0 fully saturated rings. The minimum atomic E-state index is -4.39. The molecule has 0 aromatic heterocycles. The molecule has 6 heteroatoms. The van der Waals surface area contributed by atoms with E-state index in [1.165, 1.54) is 6.07 Å². The summed E-state index contributed by atoms with van der Waals surface area (Å²) in [5.41, 5.74) is 5.11. The van der Waals surface area contributed by atoms with Gasteiger partial charge in [0, 0.05) is 12.0 Å². The molecule has 1 rings (SSSR count). The Morgan fingerprint density at radius 2 is 1.80 bits per heavy atom. The van der Waals surface area contributed by atoms with Gasteiger partial charge in [0.25, 0.3) is 0 Å². The third-order valence-corrected chi connectivity index (χ3v) is 3.87. The normalized spacial score (nSPS) is 12.5. The van der Waals surface area contributed by atoms with Crippen molar-refractivity contribution in [3.8, 4) is 0 Å². The standard InChI is InChI=1S/C14H21F3N2O/c1-3-13(4-2,9-20)8-19-12-6-5-10(7-11(12)18)14(15,16)17/h5-7,19-20H,3-4,8-9,18H2,1-2H3. The summed E-state index contributed by atoms with van der Waals surface area (Å²) in [5.74, 6) is 0. The van der Waals surface area contributed by atoms with E-state index in [4.69, 9.17) is 5.73 Å². The summed E-state index contributed by atoms with van der Waals surface area (Å²) in [4.78, 5) is 0. The first-order valence-electron chi connectivity index (χ1n) is 6.59. The Labute approximate surface area is 117 Å². The van der Waals surface area contributed by atoms with Crippen LogP contribution >= 0.6 is 0 Å². The minimum Gasteiger partial charge on any atom is -0.397 e. The van der Waals surface area contributed by atoms with E-state index in [1.54, 1.807) is 0 Å². The molecule has 0 unspecified atom stereocenters. The van der Waals surface area contributed by atoms with E-state index in [0.717, 1.165) is 25.0 Å². The molecule has 3 nitrogen and oxygen atoms in total. The summed E-state index contributed by atoms with van der Waals surface area (Å²) in [7, 11) is 0. The molecule has 1 aromatic carbocycles.